The van der Waals surface area contributed by atoms with E-state index in [1.54, 1.807) is 13.2 Å². The molecule has 4 nitrogen and oxygen atoms in total. The van der Waals surface area contributed by atoms with E-state index in [1.807, 2.05) is 12.1 Å². The van der Waals surface area contributed by atoms with Crippen LogP contribution >= 0.6 is 0 Å². The first-order valence-electron chi connectivity index (χ1n) is 8.73. The zero-order chi connectivity index (χ0) is 17.2. The molecule has 1 aliphatic heterocycles. The van der Waals surface area contributed by atoms with Gasteiger partial charge in [-0.05, 0) is 30.5 Å². The van der Waals surface area contributed by atoms with Gasteiger partial charge in [0.15, 0.2) is 0 Å². The summed E-state index contributed by atoms with van der Waals surface area (Å²) >= 11 is 0. The summed E-state index contributed by atoms with van der Waals surface area (Å²) < 4.78 is 6.20. The van der Waals surface area contributed by atoms with Crippen LogP contribution in [0.3, 0.4) is 0 Å². The number of fused-ring (bicyclic) bond motifs is 2. The Morgan fingerprint density at radius 1 is 1.42 bits per heavy atom. The predicted octanol–water partition coefficient (Wildman–Crippen LogP) is 2.38. The lowest BCUT2D eigenvalue weighted by Crippen LogP contribution is -2.59. The van der Waals surface area contributed by atoms with Crippen molar-refractivity contribution in [2.24, 2.45) is 17.6 Å². The molecule has 2 aliphatic rings. The number of hydrogen-bond donors (Lipinski definition) is 1. The van der Waals surface area contributed by atoms with Crippen LogP contribution in [0.25, 0.3) is 0 Å². The van der Waals surface area contributed by atoms with Gasteiger partial charge in [0.2, 0.25) is 5.91 Å². The summed E-state index contributed by atoms with van der Waals surface area (Å²) in [6, 6.07) is 7.69. The van der Waals surface area contributed by atoms with Gasteiger partial charge in [0, 0.05) is 50.6 Å². The van der Waals surface area contributed by atoms with Gasteiger partial charge in [-0.25, -0.2) is 0 Å². The molecule has 0 radical (unpaired) electrons. The van der Waals surface area contributed by atoms with Crippen molar-refractivity contribution in [3.63, 3.8) is 0 Å². The molecular weight excluding hydrogens is 300 g/mol. The monoisotopic (exact) mass is 326 g/mol. The van der Waals surface area contributed by atoms with E-state index < -0.39 is 0 Å². The number of terminal acetylenes is 1. The van der Waals surface area contributed by atoms with Gasteiger partial charge in [0.25, 0.3) is 0 Å². The van der Waals surface area contributed by atoms with Crippen molar-refractivity contribution in [1.82, 2.24) is 4.90 Å². The fraction of sp³-hybridized carbons (Fsp3) is 0.550. The smallest absolute Gasteiger partial charge is 0.248 e. The van der Waals surface area contributed by atoms with Crippen molar-refractivity contribution < 1.29 is 9.53 Å². The third-order valence-electron chi connectivity index (χ3n) is 5.78. The molecule has 2 N–H and O–H groups in total. The number of nitrogens with two attached hydrogens (primary N) is 1. The summed E-state index contributed by atoms with van der Waals surface area (Å²) in [6.07, 6.45) is 9.73. The molecular formula is C20H26N2O2. The highest BCUT2D eigenvalue weighted by Crippen LogP contribution is 2.51. The molecule has 24 heavy (non-hydrogen) atoms. The predicted molar refractivity (Wildman–Crippen MR) is 94.4 cm³/mol. The van der Waals surface area contributed by atoms with Crippen molar-refractivity contribution in [3.05, 3.63) is 35.4 Å². The van der Waals surface area contributed by atoms with Gasteiger partial charge in [-0.15, -0.1) is 12.3 Å². The largest absolute Gasteiger partial charge is 0.373 e. The van der Waals surface area contributed by atoms with Crippen molar-refractivity contribution in [3.8, 4) is 12.3 Å². The molecule has 1 aromatic rings. The minimum atomic E-state index is -0.389. The number of rotatable bonds is 5. The van der Waals surface area contributed by atoms with Crippen molar-refractivity contribution >= 4 is 5.91 Å². The molecule has 0 spiro atoms. The molecule has 2 unspecified atom stereocenters. The lowest BCUT2D eigenvalue weighted by Gasteiger charge is -2.55. The van der Waals surface area contributed by atoms with Crippen LogP contribution in [0.5, 0.6) is 0 Å². The number of benzene rings is 1. The summed E-state index contributed by atoms with van der Waals surface area (Å²) in [7, 11) is 1.80. The van der Waals surface area contributed by atoms with E-state index in [0.29, 0.717) is 17.4 Å². The van der Waals surface area contributed by atoms with Crippen LogP contribution in [-0.4, -0.2) is 37.6 Å². The highest BCUT2D eigenvalue weighted by atomic mass is 16.5. The minimum absolute atomic E-state index is 0.323. The number of piperidine rings is 1. The van der Waals surface area contributed by atoms with E-state index in [9.17, 15) is 4.79 Å². The standard InChI is InChI=1S/C20H26N2O2/c1-3-4-11-22-13-17-9-6-10-18(14-22)20(17,24-2)16-8-5-7-15(12-16)19(21)23/h1,5,7-8,12,17-18H,4,6,9-11,13-14H2,2H3,(H2,21,23). The highest BCUT2D eigenvalue weighted by molar-refractivity contribution is 5.92. The molecule has 1 amide bonds. The molecule has 1 saturated heterocycles. The highest BCUT2D eigenvalue weighted by Gasteiger charge is 2.53. The summed E-state index contributed by atoms with van der Waals surface area (Å²) in [6.45, 7) is 2.93. The molecule has 4 heteroatoms. The Morgan fingerprint density at radius 2 is 2.12 bits per heavy atom. The van der Waals surface area contributed by atoms with Crippen LogP contribution in [0.1, 0.15) is 41.6 Å². The molecule has 1 saturated carbocycles. The van der Waals surface area contributed by atoms with Gasteiger partial charge < -0.3 is 15.4 Å². The number of amides is 1. The SMILES string of the molecule is C#CCCN1CC2CCCC(C1)C2(OC)c1cccc(C(N)=O)c1. The van der Waals surface area contributed by atoms with E-state index in [0.717, 1.165) is 44.5 Å². The first kappa shape index (κ1) is 17.0. The number of nitrogens with zero attached hydrogens (tertiary/aromatic N) is 1. The number of methoxy groups -OCH3 is 1. The topological polar surface area (TPSA) is 55.6 Å². The molecule has 1 aliphatic carbocycles. The third-order valence-corrected chi connectivity index (χ3v) is 5.78. The lowest BCUT2D eigenvalue weighted by molar-refractivity contribution is -0.168. The maximum absolute atomic E-state index is 11.6. The number of likely N-dealkylation sites (tertiary alicyclic amines) is 1. The fourth-order valence-electron chi connectivity index (χ4n) is 4.77. The van der Waals surface area contributed by atoms with Gasteiger partial charge in [-0.2, -0.15) is 0 Å². The van der Waals surface area contributed by atoms with E-state index in [-0.39, 0.29) is 11.5 Å². The molecule has 3 rings (SSSR count). The van der Waals surface area contributed by atoms with Crippen LogP contribution in [0.15, 0.2) is 24.3 Å². The number of ether oxygens (including phenoxy) is 1. The Morgan fingerprint density at radius 3 is 2.71 bits per heavy atom. The van der Waals surface area contributed by atoms with Gasteiger partial charge >= 0.3 is 0 Å². The van der Waals surface area contributed by atoms with E-state index in [4.69, 9.17) is 16.9 Å². The number of hydrogen-bond acceptors (Lipinski definition) is 3. The molecule has 128 valence electrons. The van der Waals surface area contributed by atoms with Gasteiger partial charge in [0.05, 0.1) is 0 Å². The summed E-state index contributed by atoms with van der Waals surface area (Å²) in [4.78, 5) is 14.1. The lowest BCUT2D eigenvalue weighted by atomic mass is 9.62. The summed E-state index contributed by atoms with van der Waals surface area (Å²) in [5.74, 6) is 3.18. The second-order valence-corrected chi connectivity index (χ2v) is 6.98. The van der Waals surface area contributed by atoms with Crippen molar-refractivity contribution in [1.29, 1.82) is 0 Å². The maximum atomic E-state index is 11.6. The van der Waals surface area contributed by atoms with Crippen LogP contribution in [0.2, 0.25) is 0 Å². The van der Waals surface area contributed by atoms with Crippen molar-refractivity contribution in [2.75, 3.05) is 26.7 Å². The molecule has 2 bridgehead atoms. The normalized spacial score (nSPS) is 29.8. The average Bonchev–Trinajstić information content (AvgIpc) is 2.59. The first-order valence-corrected chi connectivity index (χ1v) is 8.73. The Bertz CT molecular complexity index is 635. The third kappa shape index (κ3) is 2.83. The molecule has 2 fully saturated rings. The van der Waals surface area contributed by atoms with E-state index in [2.05, 4.69) is 16.9 Å². The Labute approximate surface area is 144 Å². The molecule has 0 aromatic heterocycles. The fourth-order valence-corrected chi connectivity index (χ4v) is 4.77. The first-order chi connectivity index (χ1) is 11.6. The van der Waals surface area contributed by atoms with Gasteiger partial charge in [-0.3, -0.25) is 4.79 Å². The minimum Gasteiger partial charge on any atom is -0.373 e. The molecule has 1 aromatic carbocycles. The van der Waals surface area contributed by atoms with Crippen LogP contribution < -0.4 is 5.73 Å². The van der Waals surface area contributed by atoms with Gasteiger partial charge in [0.1, 0.15) is 5.60 Å². The number of primary amides is 1. The second kappa shape index (κ2) is 6.96. The number of carbonyl (C=O) groups excluding carboxylic acids is 1. The quantitative estimate of drug-likeness (QED) is 0.845. The summed E-state index contributed by atoms with van der Waals surface area (Å²) in [5.41, 5.74) is 6.80. The molecule has 2 atom stereocenters. The Kier molecular flexibility index (Phi) is 4.93. The Balaban J connectivity index is 1.96. The Hall–Kier alpha value is -1.83. The maximum Gasteiger partial charge on any atom is 0.248 e. The van der Waals surface area contributed by atoms with Crippen LogP contribution in [-0.2, 0) is 10.3 Å². The van der Waals surface area contributed by atoms with E-state index in [1.165, 1.54) is 6.42 Å². The van der Waals surface area contributed by atoms with Crippen LogP contribution in [0, 0.1) is 24.2 Å². The van der Waals surface area contributed by atoms with Gasteiger partial charge in [-0.1, -0.05) is 18.6 Å². The number of carbonyl (C=O) groups is 1. The van der Waals surface area contributed by atoms with Crippen LogP contribution in [0.4, 0.5) is 0 Å². The average molecular weight is 326 g/mol. The second-order valence-electron chi connectivity index (χ2n) is 6.98. The van der Waals surface area contributed by atoms with E-state index >= 15 is 0 Å². The summed E-state index contributed by atoms with van der Waals surface area (Å²) in [5, 5.41) is 0. The zero-order valence-electron chi connectivity index (χ0n) is 14.3. The zero-order valence-corrected chi connectivity index (χ0v) is 14.3. The van der Waals surface area contributed by atoms with Crippen molar-refractivity contribution in [2.45, 2.75) is 31.3 Å². The molecule has 1 heterocycles.